The van der Waals surface area contributed by atoms with Gasteiger partial charge in [-0.3, -0.25) is 0 Å². The average Bonchev–Trinajstić information content (AvgIpc) is 2.83. The number of sulfonamides is 1. The molecule has 3 nitrogen and oxygen atoms in total. The Balaban J connectivity index is 2.49. The van der Waals surface area contributed by atoms with E-state index < -0.39 is 10.0 Å². The minimum Gasteiger partial charge on any atom is -0.210 e. The third kappa shape index (κ3) is 4.77. The van der Waals surface area contributed by atoms with E-state index in [0.29, 0.717) is 16.7 Å². The fourth-order valence-corrected chi connectivity index (χ4v) is 3.81. The first kappa shape index (κ1) is 14.7. The minimum absolute atomic E-state index is 0.405. The predicted molar refractivity (Wildman–Crippen MR) is 72.8 cm³/mol. The highest BCUT2D eigenvalue weighted by Gasteiger charge is 2.16. The van der Waals surface area contributed by atoms with Crippen LogP contribution in [0.3, 0.4) is 0 Å². The van der Waals surface area contributed by atoms with Crippen molar-refractivity contribution < 1.29 is 8.42 Å². The Morgan fingerprint density at radius 3 is 2.71 bits per heavy atom. The summed E-state index contributed by atoms with van der Waals surface area (Å²) in [4.78, 5) is 0. The molecule has 0 aliphatic carbocycles. The Labute approximate surface area is 108 Å². The first-order valence-corrected chi connectivity index (χ1v) is 8.49. The van der Waals surface area contributed by atoms with Gasteiger partial charge in [-0.15, -0.1) is 11.3 Å². The van der Waals surface area contributed by atoms with Gasteiger partial charge >= 0.3 is 0 Å². The molecule has 98 valence electrons. The van der Waals surface area contributed by atoms with Gasteiger partial charge in [0, 0.05) is 6.54 Å². The van der Waals surface area contributed by atoms with Crippen molar-refractivity contribution in [1.29, 1.82) is 0 Å². The molecule has 1 rings (SSSR count). The van der Waals surface area contributed by atoms with E-state index in [-0.39, 0.29) is 0 Å². The maximum Gasteiger partial charge on any atom is 0.250 e. The van der Waals surface area contributed by atoms with Crippen molar-refractivity contribution in [3.63, 3.8) is 0 Å². The molecule has 1 N–H and O–H groups in total. The molecule has 0 aromatic carbocycles. The van der Waals surface area contributed by atoms with E-state index in [1.807, 2.05) is 0 Å². The first-order valence-electron chi connectivity index (χ1n) is 6.13. The highest BCUT2D eigenvalue weighted by Crippen LogP contribution is 2.17. The van der Waals surface area contributed by atoms with Crippen molar-refractivity contribution in [2.75, 3.05) is 6.54 Å². The Morgan fingerprint density at radius 2 is 2.18 bits per heavy atom. The Hall–Kier alpha value is -0.390. The zero-order valence-electron chi connectivity index (χ0n) is 10.5. The second-order valence-corrected chi connectivity index (χ2v) is 7.14. The van der Waals surface area contributed by atoms with Crippen LogP contribution >= 0.6 is 11.3 Å². The number of thiophene rings is 1. The molecule has 0 saturated carbocycles. The Morgan fingerprint density at radius 1 is 1.41 bits per heavy atom. The van der Waals surface area contributed by atoms with Crippen LogP contribution in [0.25, 0.3) is 0 Å². The number of unbranched alkanes of at least 4 members (excludes halogenated alkanes) is 1. The molecule has 5 heteroatoms. The molecular formula is C12H21NO2S2. The van der Waals surface area contributed by atoms with Crippen molar-refractivity contribution in [3.05, 3.63) is 17.5 Å². The van der Waals surface area contributed by atoms with Gasteiger partial charge in [0.15, 0.2) is 0 Å². The van der Waals surface area contributed by atoms with E-state index in [0.717, 1.165) is 19.3 Å². The number of nitrogens with one attached hydrogen (secondary N) is 1. The normalized spacial score (nSPS) is 13.8. The maximum atomic E-state index is 11.9. The average molecular weight is 275 g/mol. The summed E-state index contributed by atoms with van der Waals surface area (Å²) in [7, 11) is -3.28. The largest absolute Gasteiger partial charge is 0.250 e. The van der Waals surface area contributed by atoms with Gasteiger partial charge in [0.1, 0.15) is 4.21 Å². The van der Waals surface area contributed by atoms with Gasteiger partial charge in [-0.25, -0.2) is 13.1 Å². The summed E-state index contributed by atoms with van der Waals surface area (Å²) in [5.74, 6) is 0.449. The molecule has 0 bridgehead atoms. The summed E-state index contributed by atoms with van der Waals surface area (Å²) >= 11 is 1.26. The lowest BCUT2D eigenvalue weighted by Gasteiger charge is -2.14. The third-order valence-electron chi connectivity index (χ3n) is 2.87. The minimum atomic E-state index is -3.28. The van der Waals surface area contributed by atoms with E-state index in [2.05, 4.69) is 18.6 Å². The van der Waals surface area contributed by atoms with Crippen LogP contribution in [-0.2, 0) is 10.0 Å². The van der Waals surface area contributed by atoms with E-state index in [1.54, 1.807) is 17.5 Å². The smallest absolute Gasteiger partial charge is 0.210 e. The van der Waals surface area contributed by atoms with Crippen molar-refractivity contribution in [1.82, 2.24) is 4.72 Å². The molecule has 1 unspecified atom stereocenters. The topological polar surface area (TPSA) is 46.2 Å². The second-order valence-electron chi connectivity index (χ2n) is 4.20. The SMILES string of the molecule is CCCCC(CC)CNS(=O)(=O)c1cccs1. The fraction of sp³-hybridized carbons (Fsp3) is 0.667. The quantitative estimate of drug-likeness (QED) is 0.791. The summed E-state index contributed by atoms with van der Waals surface area (Å²) in [6, 6.07) is 3.40. The molecule has 0 amide bonds. The van der Waals surface area contributed by atoms with Crippen LogP contribution in [0, 0.1) is 5.92 Å². The summed E-state index contributed by atoms with van der Waals surface area (Å²) in [5.41, 5.74) is 0. The summed E-state index contributed by atoms with van der Waals surface area (Å²) in [6.07, 6.45) is 4.44. The molecule has 0 fully saturated rings. The Kier molecular flexibility index (Phi) is 6.16. The van der Waals surface area contributed by atoms with Crippen LogP contribution in [0.15, 0.2) is 21.7 Å². The van der Waals surface area contributed by atoms with Crippen molar-refractivity contribution >= 4 is 21.4 Å². The molecule has 1 aromatic rings. The lowest BCUT2D eigenvalue weighted by molar-refractivity contribution is 0.444. The van der Waals surface area contributed by atoms with Gasteiger partial charge in [-0.05, 0) is 23.8 Å². The van der Waals surface area contributed by atoms with Gasteiger partial charge in [0.25, 0.3) is 0 Å². The molecule has 0 aliphatic rings. The van der Waals surface area contributed by atoms with Crippen molar-refractivity contribution in [3.8, 4) is 0 Å². The van der Waals surface area contributed by atoms with Crippen LogP contribution in [0.5, 0.6) is 0 Å². The van der Waals surface area contributed by atoms with Gasteiger partial charge in [0.2, 0.25) is 10.0 Å². The summed E-state index contributed by atoms with van der Waals surface area (Å²) in [6.45, 7) is 4.82. The second kappa shape index (κ2) is 7.13. The van der Waals surface area contributed by atoms with E-state index >= 15 is 0 Å². The maximum absolute atomic E-state index is 11.9. The van der Waals surface area contributed by atoms with Crippen molar-refractivity contribution in [2.45, 2.75) is 43.7 Å². The lowest BCUT2D eigenvalue weighted by atomic mass is 10.00. The molecule has 0 radical (unpaired) electrons. The monoisotopic (exact) mass is 275 g/mol. The van der Waals surface area contributed by atoms with Crippen molar-refractivity contribution in [2.24, 2.45) is 5.92 Å². The molecule has 0 spiro atoms. The number of rotatable bonds is 8. The van der Waals surface area contributed by atoms with Crippen LogP contribution in [0.2, 0.25) is 0 Å². The van der Waals surface area contributed by atoms with E-state index in [9.17, 15) is 8.42 Å². The predicted octanol–water partition coefficient (Wildman–Crippen LogP) is 3.24. The number of hydrogen-bond donors (Lipinski definition) is 1. The fourth-order valence-electron chi connectivity index (χ4n) is 1.66. The van der Waals surface area contributed by atoms with Gasteiger partial charge in [-0.1, -0.05) is 39.2 Å². The highest BCUT2D eigenvalue weighted by atomic mass is 32.2. The van der Waals surface area contributed by atoms with Gasteiger partial charge in [-0.2, -0.15) is 0 Å². The molecule has 1 atom stereocenters. The first-order chi connectivity index (χ1) is 8.10. The summed E-state index contributed by atoms with van der Waals surface area (Å²) in [5, 5.41) is 1.78. The molecule has 1 heterocycles. The zero-order valence-corrected chi connectivity index (χ0v) is 12.1. The lowest BCUT2D eigenvalue weighted by Crippen LogP contribution is -2.28. The van der Waals surface area contributed by atoms with Gasteiger partial charge in [0.05, 0.1) is 0 Å². The van der Waals surface area contributed by atoms with Crippen LogP contribution in [-0.4, -0.2) is 15.0 Å². The molecule has 0 saturated heterocycles. The number of hydrogen-bond acceptors (Lipinski definition) is 3. The standard InChI is InChI=1S/C12H21NO2S2/c1-3-5-7-11(4-2)10-13-17(14,15)12-8-6-9-16-12/h6,8-9,11,13H,3-5,7,10H2,1-2H3. The molecule has 1 aromatic heterocycles. The zero-order chi connectivity index (χ0) is 12.7. The van der Waals surface area contributed by atoms with Crippen LogP contribution in [0.4, 0.5) is 0 Å². The van der Waals surface area contributed by atoms with Crippen LogP contribution in [0.1, 0.15) is 39.5 Å². The van der Waals surface area contributed by atoms with E-state index in [1.165, 1.54) is 17.8 Å². The van der Waals surface area contributed by atoms with E-state index in [4.69, 9.17) is 0 Å². The molecule has 17 heavy (non-hydrogen) atoms. The summed E-state index contributed by atoms with van der Waals surface area (Å²) < 4.78 is 26.9. The Bertz CT molecular complexity index is 398. The van der Waals surface area contributed by atoms with Crippen LogP contribution < -0.4 is 4.72 Å². The molecule has 0 aliphatic heterocycles. The molecular weight excluding hydrogens is 254 g/mol. The van der Waals surface area contributed by atoms with Gasteiger partial charge < -0.3 is 0 Å². The third-order valence-corrected chi connectivity index (χ3v) is 5.69. The highest BCUT2D eigenvalue weighted by molar-refractivity contribution is 7.91.